The van der Waals surface area contributed by atoms with Gasteiger partial charge in [0.25, 0.3) is 11.8 Å². The van der Waals surface area contributed by atoms with E-state index in [1.54, 1.807) is 36.4 Å². The molecule has 2 atom stereocenters. The number of benzene rings is 2. The van der Waals surface area contributed by atoms with Gasteiger partial charge in [0.2, 0.25) is 10.0 Å². The first-order chi connectivity index (χ1) is 20.1. The highest BCUT2D eigenvalue weighted by molar-refractivity contribution is 7.89. The van der Waals surface area contributed by atoms with Gasteiger partial charge in [-0.05, 0) is 78.6 Å². The maximum absolute atomic E-state index is 13.7. The number of rotatable bonds is 10. The summed E-state index contributed by atoms with van der Waals surface area (Å²) >= 11 is 0. The summed E-state index contributed by atoms with van der Waals surface area (Å²) in [6, 6.07) is 12.8. The largest absolute Gasteiger partial charge is 0.383 e. The molecule has 1 aliphatic heterocycles. The zero-order valence-corrected chi connectivity index (χ0v) is 24.4. The van der Waals surface area contributed by atoms with Crippen LogP contribution < -0.4 is 0 Å². The first kappa shape index (κ1) is 28.4. The van der Waals surface area contributed by atoms with Crippen molar-refractivity contribution >= 4 is 27.9 Å². The minimum absolute atomic E-state index is 0.0528. The molecule has 1 fully saturated rings. The fourth-order valence-electron chi connectivity index (χ4n) is 6.58. The number of amides is 2. The Balaban J connectivity index is 1.19. The van der Waals surface area contributed by atoms with Crippen molar-refractivity contribution in [3.63, 3.8) is 0 Å². The van der Waals surface area contributed by atoms with Crippen molar-refractivity contribution in [3.8, 4) is 5.69 Å². The van der Waals surface area contributed by atoms with E-state index >= 15 is 0 Å². The summed E-state index contributed by atoms with van der Waals surface area (Å²) in [6.45, 7) is 2.70. The maximum Gasteiger partial charge on any atom is 0.261 e. The summed E-state index contributed by atoms with van der Waals surface area (Å²) in [5.74, 6) is -1.54. The van der Waals surface area contributed by atoms with Gasteiger partial charge in [-0.1, -0.05) is 24.6 Å². The number of hydrogen-bond acceptors (Lipinski definition) is 6. The van der Waals surface area contributed by atoms with Crippen LogP contribution in [0.5, 0.6) is 0 Å². The molecule has 42 heavy (non-hydrogen) atoms. The first-order valence-corrected chi connectivity index (χ1v) is 15.7. The van der Waals surface area contributed by atoms with Crippen molar-refractivity contribution in [2.75, 3.05) is 39.1 Å². The van der Waals surface area contributed by atoms with Gasteiger partial charge in [-0.3, -0.25) is 14.5 Å². The summed E-state index contributed by atoms with van der Waals surface area (Å²) in [6.07, 6.45) is 6.38. The van der Waals surface area contributed by atoms with Crippen LogP contribution in [0, 0.1) is 17.2 Å². The average molecular weight is 593 g/mol. The standard InChI is InChI=1S/C31H33FN4O5S/c1-31-18-21-19-33-36(25-11-9-24(32)10-12-25)28(21)17-22(31)7-8-23(31)20-34(13-15-41-2)42(39,40)16-14-35-29(37)26-5-3-4-6-27(26)30(35)38/h3-6,9-12,17,19,23H,7-8,13-16,18,20H2,1-2H3/t23-,31+/m1/s1. The molecular weight excluding hydrogens is 559 g/mol. The summed E-state index contributed by atoms with van der Waals surface area (Å²) < 4.78 is 49.4. The number of halogens is 1. The summed E-state index contributed by atoms with van der Waals surface area (Å²) in [5.41, 5.74) is 4.41. The van der Waals surface area contributed by atoms with E-state index in [9.17, 15) is 22.4 Å². The number of fused-ring (bicyclic) bond motifs is 3. The predicted molar refractivity (Wildman–Crippen MR) is 155 cm³/mol. The van der Waals surface area contributed by atoms with Crippen LogP contribution in [-0.2, 0) is 21.2 Å². The van der Waals surface area contributed by atoms with Gasteiger partial charge in [-0.2, -0.15) is 9.40 Å². The summed E-state index contributed by atoms with van der Waals surface area (Å²) in [4.78, 5) is 26.6. The molecule has 2 aliphatic carbocycles. The van der Waals surface area contributed by atoms with Crippen molar-refractivity contribution in [1.82, 2.24) is 19.0 Å². The molecule has 2 aromatic carbocycles. The number of nitrogens with zero attached hydrogens (tertiary/aromatic N) is 4. The van der Waals surface area contributed by atoms with Gasteiger partial charge >= 0.3 is 0 Å². The van der Waals surface area contributed by atoms with Gasteiger partial charge in [-0.25, -0.2) is 17.5 Å². The van der Waals surface area contributed by atoms with Gasteiger partial charge in [-0.15, -0.1) is 0 Å². The number of sulfonamides is 1. The van der Waals surface area contributed by atoms with Crippen molar-refractivity contribution in [1.29, 1.82) is 0 Å². The Morgan fingerprint density at radius 2 is 1.79 bits per heavy atom. The quantitative estimate of drug-likeness (QED) is 0.331. The van der Waals surface area contributed by atoms with Crippen molar-refractivity contribution in [2.45, 2.75) is 26.2 Å². The molecule has 0 bridgehead atoms. The fraction of sp³-hybridized carbons (Fsp3) is 0.387. The van der Waals surface area contributed by atoms with E-state index in [0.717, 1.165) is 34.7 Å². The maximum atomic E-state index is 13.7. The lowest BCUT2D eigenvalue weighted by Crippen LogP contribution is -2.45. The normalized spacial score (nSPS) is 21.5. The number of carbonyl (C=O) groups excluding carboxylic acids is 2. The third-order valence-corrected chi connectivity index (χ3v) is 10.9. The molecular formula is C31H33FN4O5S. The zero-order valence-electron chi connectivity index (χ0n) is 23.6. The highest BCUT2D eigenvalue weighted by Crippen LogP contribution is 2.53. The molecule has 1 aromatic heterocycles. The Morgan fingerprint density at radius 3 is 2.45 bits per heavy atom. The van der Waals surface area contributed by atoms with Gasteiger partial charge in [0, 0.05) is 26.7 Å². The smallest absolute Gasteiger partial charge is 0.261 e. The third-order valence-electron chi connectivity index (χ3n) is 9.04. The minimum atomic E-state index is -3.82. The Hall–Kier alpha value is -3.67. The zero-order chi connectivity index (χ0) is 29.6. The molecule has 2 amide bonds. The Morgan fingerprint density at radius 1 is 1.10 bits per heavy atom. The van der Waals surface area contributed by atoms with Crippen LogP contribution in [0.25, 0.3) is 11.8 Å². The SMILES string of the molecule is COCCN(C[C@H]1CCC2=Cc3c(cnn3-c3ccc(F)cc3)C[C@@]21C)S(=O)(=O)CCN1C(=O)c2ccccc2C1=O. The molecule has 2 heterocycles. The monoisotopic (exact) mass is 592 g/mol. The number of hydrogen-bond donors (Lipinski definition) is 0. The van der Waals surface area contributed by atoms with Crippen LogP contribution in [0.4, 0.5) is 4.39 Å². The van der Waals surface area contributed by atoms with E-state index in [-0.39, 0.29) is 42.6 Å². The molecule has 3 aromatic rings. The Kier molecular flexibility index (Phi) is 7.36. The topological polar surface area (TPSA) is 102 Å². The lowest BCUT2D eigenvalue weighted by molar-refractivity contribution is 0.0663. The summed E-state index contributed by atoms with van der Waals surface area (Å²) in [7, 11) is -2.29. The van der Waals surface area contributed by atoms with Crippen LogP contribution >= 0.6 is 0 Å². The highest BCUT2D eigenvalue weighted by atomic mass is 32.2. The van der Waals surface area contributed by atoms with Crippen LogP contribution in [0.3, 0.4) is 0 Å². The number of ether oxygens (including phenoxy) is 1. The predicted octanol–water partition coefficient (Wildman–Crippen LogP) is 3.94. The number of allylic oxidation sites excluding steroid dienone is 1. The van der Waals surface area contributed by atoms with E-state index in [0.29, 0.717) is 24.1 Å². The van der Waals surface area contributed by atoms with Crippen molar-refractivity contribution in [2.24, 2.45) is 11.3 Å². The molecule has 3 aliphatic rings. The Bertz CT molecular complexity index is 1650. The molecule has 0 radical (unpaired) electrons. The van der Waals surface area contributed by atoms with Crippen LogP contribution in [0.1, 0.15) is 51.7 Å². The molecule has 0 N–H and O–H groups in total. The van der Waals surface area contributed by atoms with E-state index < -0.39 is 21.8 Å². The third kappa shape index (κ3) is 4.89. The van der Waals surface area contributed by atoms with Crippen LogP contribution in [0.2, 0.25) is 0 Å². The van der Waals surface area contributed by atoms with Crippen LogP contribution in [-0.4, -0.2) is 78.3 Å². The van der Waals surface area contributed by atoms with Crippen molar-refractivity contribution in [3.05, 3.63) is 88.5 Å². The second-order valence-electron chi connectivity index (χ2n) is 11.4. The van der Waals surface area contributed by atoms with Crippen molar-refractivity contribution < 1.29 is 27.1 Å². The highest BCUT2D eigenvalue weighted by Gasteiger charge is 2.47. The number of methoxy groups -OCH3 is 1. The number of carbonyl (C=O) groups is 2. The fourth-order valence-corrected chi connectivity index (χ4v) is 8.01. The molecule has 11 heteroatoms. The van der Waals surface area contributed by atoms with Gasteiger partial charge in [0.15, 0.2) is 0 Å². The lowest BCUT2D eigenvalue weighted by Gasteiger charge is -2.38. The van der Waals surface area contributed by atoms with E-state index in [1.807, 2.05) is 10.9 Å². The lowest BCUT2D eigenvalue weighted by atomic mass is 9.70. The van der Waals surface area contributed by atoms with Gasteiger partial charge < -0.3 is 4.74 Å². The van der Waals surface area contributed by atoms with Gasteiger partial charge in [0.1, 0.15) is 5.82 Å². The Labute approximate surface area is 244 Å². The number of imide groups is 1. The second-order valence-corrected chi connectivity index (χ2v) is 13.5. The van der Waals surface area contributed by atoms with E-state index in [1.165, 1.54) is 29.1 Å². The molecule has 0 spiro atoms. The molecule has 6 rings (SSSR count). The van der Waals surface area contributed by atoms with Crippen LogP contribution in [0.15, 0.2) is 60.3 Å². The molecule has 9 nitrogen and oxygen atoms in total. The average Bonchev–Trinajstić information content (AvgIpc) is 3.60. The number of aromatic nitrogens is 2. The first-order valence-electron chi connectivity index (χ1n) is 14.1. The molecule has 1 saturated carbocycles. The van der Waals surface area contributed by atoms with E-state index in [2.05, 4.69) is 18.1 Å². The van der Waals surface area contributed by atoms with Gasteiger partial charge in [0.05, 0.1) is 41.1 Å². The minimum Gasteiger partial charge on any atom is -0.383 e. The molecule has 0 saturated heterocycles. The second kappa shape index (κ2) is 10.9. The summed E-state index contributed by atoms with van der Waals surface area (Å²) in [5, 5.41) is 4.58. The van der Waals surface area contributed by atoms with E-state index in [4.69, 9.17) is 4.74 Å². The molecule has 0 unspecified atom stereocenters. The molecule has 220 valence electrons.